The molecule has 21 heavy (non-hydrogen) atoms. The standard InChI is InChI=1S/C13H17FN4O2S/c1-10(8-18-6-5-16-9-18)17-21(19,20)13-4-2-3-12(14)11(13)7-15/h2-6,9-10,17H,7-8,15H2,1H3. The summed E-state index contributed by atoms with van der Waals surface area (Å²) in [6.07, 6.45) is 4.94. The first kappa shape index (κ1) is 15.6. The second-order valence-electron chi connectivity index (χ2n) is 4.70. The molecule has 1 atom stereocenters. The van der Waals surface area contributed by atoms with Crippen LogP contribution in [0.4, 0.5) is 4.39 Å². The monoisotopic (exact) mass is 312 g/mol. The molecule has 0 bridgehead atoms. The molecular weight excluding hydrogens is 295 g/mol. The third kappa shape index (κ3) is 3.66. The van der Waals surface area contributed by atoms with Gasteiger partial charge in [0.05, 0.1) is 11.2 Å². The zero-order chi connectivity index (χ0) is 15.5. The Morgan fingerprint density at radius 1 is 1.48 bits per heavy atom. The van der Waals surface area contributed by atoms with Gasteiger partial charge in [0.2, 0.25) is 10.0 Å². The van der Waals surface area contributed by atoms with Gasteiger partial charge in [0.25, 0.3) is 0 Å². The Morgan fingerprint density at radius 3 is 2.86 bits per heavy atom. The first-order valence-corrected chi connectivity index (χ1v) is 7.88. The van der Waals surface area contributed by atoms with Crippen LogP contribution in [0.25, 0.3) is 0 Å². The molecule has 0 spiro atoms. The molecule has 1 unspecified atom stereocenters. The van der Waals surface area contributed by atoms with Gasteiger partial charge in [-0.25, -0.2) is 22.5 Å². The highest BCUT2D eigenvalue weighted by molar-refractivity contribution is 7.89. The Balaban J connectivity index is 2.20. The van der Waals surface area contributed by atoms with E-state index in [1.807, 2.05) is 0 Å². The number of benzene rings is 1. The maximum atomic E-state index is 13.6. The molecule has 0 fully saturated rings. The number of imidazole rings is 1. The van der Waals surface area contributed by atoms with Crippen molar-refractivity contribution in [2.45, 2.75) is 31.0 Å². The second kappa shape index (κ2) is 6.33. The minimum Gasteiger partial charge on any atom is -0.336 e. The molecule has 0 saturated carbocycles. The average Bonchev–Trinajstić information content (AvgIpc) is 2.90. The fourth-order valence-electron chi connectivity index (χ4n) is 2.07. The van der Waals surface area contributed by atoms with Crippen molar-refractivity contribution in [1.29, 1.82) is 0 Å². The molecule has 0 amide bonds. The molecule has 0 aliphatic heterocycles. The highest BCUT2D eigenvalue weighted by Gasteiger charge is 2.22. The maximum absolute atomic E-state index is 13.6. The summed E-state index contributed by atoms with van der Waals surface area (Å²) in [4.78, 5) is 3.77. The summed E-state index contributed by atoms with van der Waals surface area (Å²) >= 11 is 0. The molecule has 8 heteroatoms. The van der Waals surface area contributed by atoms with Gasteiger partial charge in [-0.2, -0.15) is 0 Å². The van der Waals surface area contributed by atoms with Crippen LogP contribution in [0.1, 0.15) is 12.5 Å². The molecule has 0 radical (unpaired) electrons. The number of nitrogens with two attached hydrogens (primary N) is 1. The van der Waals surface area contributed by atoms with Crippen molar-refractivity contribution in [2.24, 2.45) is 5.73 Å². The lowest BCUT2D eigenvalue weighted by Crippen LogP contribution is -2.36. The van der Waals surface area contributed by atoms with Gasteiger partial charge in [-0.15, -0.1) is 0 Å². The van der Waals surface area contributed by atoms with Crippen LogP contribution >= 0.6 is 0 Å². The topological polar surface area (TPSA) is 90.0 Å². The SMILES string of the molecule is CC(Cn1ccnc1)NS(=O)(=O)c1cccc(F)c1CN. The zero-order valence-corrected chi connectivity index (χ0v) is 12.3. The Hall–Kier alpha value is -1.77. The fourth-order valence-corrected chi connectivity index (χ4v) is 3.56. The van der Waals surface area contributed by atoms with Gasteiger partial charge in [0.15, 0.2) is 0 Å². The van der Waals surface area contributed by atoms with Crippen LogP contribution in [0.2, 0.25) is 0 Å². The number of sulfonamides is 1. The molecule has 0 aliphatic rings. The largest absolute Gasteiger partial charge is 0.336 e. The van der Waals surface area contributed by atoms with Gasteiger partial charge in [0, 0.05) is 37.1 Å². The lowest BCUT2D eigenvalue weighted by atomic mass is 10.2. The third-order valence-corrected chi connectivity index (χ3v) is 4.64. The molecule has 1 heterocycles. The van der Waals surface area contributed by atoms with E-state index in [4.69, 9.17) is 5.73 Å². The van der Waals surface area contributed by atoms with E-state index in [1.165, 1.54) is 18.2 Å². The van der Waals surface area contributed by atoms with Crippen molar-refractivity contribution in [1.82, 2.24) is 14.3 Å². The lowest BCUT2D eigenvalue weighted by molar-refractivity contribution is 0.518. The number of hydrogen-bond donors (Lipinski definition) is 2. The second-order valence-corrected chi connectivity index (χ2v) is 6.38. The summed E-state index contributed by atoms with van der Waals surface area (Å²) in [7, 11) is -3.83. The van der Waals surface area contributed by atoms with Crippen LogP contribution in [0.5, 0.6) is 0 Å². The summed E-state index contributed by atoms with van der Waals surface area (Å²) in [5, 5.41) is 0. The molecule has 114 valence electrons. The first-order chi connectivity index (χ1) is 9.94. The Kier molecular flexibility index (Phi) is 4.71. The van der Waals surface area contributed by atoms with Crippen LogP contribution in [0.3, 0.4) is 0 Å². The summed E-state index contributed by atoms with van der Waals surface area (Å²) in [6.45, 7) is 1.96. The van der Waals surface area contributed by atoms with Crippen molar-refractivity contribution in [3.63, 3.8) is 0 Å². The number of nitrogens with one attached hydrogen (secondary N) is 1. The highest BCUT2D eigenvalue weighted by atomic mass is 32.2. The fraction of sp³-hybridized carbons (Fsp3) is 0.308. The normalized spacial score (nSPS) is 13.3. The quantitative estimate of drug-likeness (QED) is 0.827. The van der Waals surface area contributed by atoms with Gasteiger partial charge in [0.1, 0.15) is 5.82 Å². The minimum absolute atomic E-state index is 0.0140. The highest BCUT2D eigenvalue weighted by Crippen LogP contribution is 2.18. The number of aromatic nitrogens is 2. The summed E-state index contributed by atoms with van der Waals surface area (Å²) in [5.41, 5.74) is 5.43. The molecule has 1 aromatic heterocycles. The first-order valence-electron chi connectivity index (χ1n) is 6.39. The minimum atomic E-state index is -3.83. The van der Waals surface area contributed by atoms with E-state index >= 15 is 0 Å². The van der Waals surface area contributed by atoms with Crippen molar-refractivity contribution >= 4 is 10.0 Å². The average molecular weight is 312 g/mol. The maximum Gasteiger partial charge on any atom is 0.241 e. The number of hydrogen-bond acceptors (Lipinski definition) is 4. The summed E-state index contributed by atoms with van der Waals surface area (Å²) in [6, 6.07) is 3.51. The van der Waals surface area contributed by atoms with Crippen LogP contribution in [-0.4, -0.2) is 24.0 Å². The Bertz CT molecular complexity index is 701. The van der Waals surface area contributed by atoms with E-state index < -0.39 is 15.8 Å². The summed E-state index contributed by atoms with van der Waals surface area (Å²) < 4.78 is 42.6. The molecule has 1 aromatic carbocycles. The number of halogens is 1. The van der Waals surface area contributed by atoms with Gasteiger partial charge < -0.3 is 10.3 Å². The molecule has 3 N–H and O–H groups in total. The molecule has 2 rings (SSSR count). The number of nitrogens with zero attached hydrogens (tertiary/aromatic N) is 2. The van der Waals surface area contributed by atoms with E-state index in [0.717, 1.165) is 0 Å². The van der Waals surface area contributed by atoms with Crippen molar-refractivity contribution in [3.05, 3.63) is 48.3 Å². The van der Waals surface area contributed by atoms with E-state index in [0.29, 0.717) is 6.54 Å². The summed E-state index contributed by atoms with van der Waals surface area (Å²) in [5.74, 6) is -0.623. The van der Waals surface area contributed by atoms with Crippen LogP contribution < -0.4 is 10.5 Å². The lowest BCUT2D eigenvalue weighted by Gasteiger charge is -2.16. The molecule has 0 aliphatic carbocycles. The smallest absolute Gasteiger partial charge is 0.241 e. The van der Waals surface area contributed by atoms with E-state index in [1.54, 1.807) is 30.2 Å². The van der Waals surface area contributed by atoms with Crippen LogP contribution in [-0.2, 0) is 23.1 Å². The Morgan fingerprint density at radius 2 is 2.24 bits per heavy atom. The van der Waals surface area contributed by atoms with Crippen molar-refractivity contribution < 1.29 is 12.8 Å². The van der Waals surface area contributed by atoms with Crippen LogP contribution in [0.15, 0.2) is 41.8 Å². The van der Waals surface area contributed by atoms with Crippen LogP contribution in [0, 0.1) is 5.82 Å². The van der Waals surface area contributed by atoms with E-state index in [-0.39, 0.29) is 23.0 Å². The number of rotatable bonds is 6. The molecule has 6 nitrogen and oxygen atoms in total. The van der Waals surface area contributed by atoms with Crippen molar-refractivity contribution in [2.75, 3.05) is 0 Å². The van der Waals surface area contributed by atoms with E-state index in [2.05, 4.69) is 9.71 Å². The van der Waals surface area contributed by atoms with Gasteiger partial charge in [-0.3, -0.25) is 0 Å². The molecular formula is C13H17FN4O2S. The Labute approximate surface area is 122 Å². The molecule has 0 saturated heterocycles. The van der Waals surface area contributed by atoms with Gasteiger partial charge in [-0.1, -0.05) is 6.07 Å². The predicted octanol–water partition coefficient (Wildman–Crippen LogP) is 0.848. The predicted molar refractivity (Wildman–Crippen MR) is 76.3 cm³/mol. The van der Waals surface area contributed by atoms with Crippen molar-refractivity contribution in [3.8, 4) is 0 Å². The third-order valence-electron chi connectivity index (χ3n) is 2.97. The molecule has 2 aromatic rings. The zero-order valence-electron chi connectivity index (χ0n) is 11.5. The van der Waals surface area contributed by atoms with Gasteiger partial charge >= 0.3 is 0 Å². The van der Waals surface area contributed by atoms with E-state index in [9.17, 15) is 12.8 Å². The van der Waals surface area contributed by atoms with Gasteiger partial charge in [-0.05, 0) is 19.1 Å².